The van der Waals surface area contributed by atoms with Crippen molar-refractivity contribution in [1.29, 1.82) is 0 Å². The summed E-state index contributed by atoms with van der Waals surface area (Å²) in [7, 11) is 0. The number of carbonyl (C=O) groups excluding carboxylic acids is 3. The lowest BCUT2D eigenvalue weighted by Gasteiger charge is -2.36. The molecule has 0 spiro atoms. The predicted molar refractivity (Wildman–Crippen MR) is 132 cm³/mol. The molecule has 2 aromatic rings. The summed E-state index contributed by atoms with van der Waals surface area (Å²) >= 11 is 0. The summed E-state index contributed by atoms with van der Waals surface area (Å²) in [6.07, 6.45) is 5.77. The second kappa shape index (κ2) is 11.3. The average Bonchev–Trinajstić information content (AvgIpc) is 2.86. The van der Waals surface area contributed by atoms with Crippen molar-refractivity contribution in [2.45, 2.75) is 64.0 Å². The fourth-order valence-electron chi connectivity index (χ4n) is 5.15. The van der Waals surface area contributed by atoms with E-state index in [9.17, 15) is 14.4 Å². The zero-order valence-corrected chi connectivity index (χ0v) is 20.0. The van der Waals surface area contributed by atoms with Gasteiger partial charge >= 0.3 is 0 Å². The molecule has 1 aliphatic heterocycles. The number of aryl methyl sites for hydroxylation is 1. The third-order valence-corrected chi connectivity index (χ3v) is 7.14. The third-order valence-electron chi connectivity index (χ3n) is 7.14. The summed E-state index contributed by atoms with van der Waals surface area (Å²) in [6, 6.07) is 17.1. The Morgan fingerprint density at radius 1 is 0.853 bits per heavy atom. The highest BCUT2D eigenvalue weighted by Gasteiger charge is 2.33. The lowest BCUT2D eigenvalue weighted by molar-refractivity contribution is -0.135. The molecule has 1 saturated carbocycles. The SMILES string of the molecule is Cc1ccccc1C(=O)N[C@@H]1CCCCC1NC(=O)C1CCCN(C(=O)Cc2ccccc2)C1. The van der Waals surface area contributed by atoms with Gasteiger partial charge in [-0.15, -0.1) is 0 Å². The van der Waals surface area contributed by atoms with E-state index in [1.807, 2.05) is 66.4 Å². The predicted octanol–water partition coefficient (Wildman–Crippen LogP) is 3.63. The van der Waals surface area contributed by atoms with Crippen LogP contribution in [0.2, 0.25) is 0 Å². The number of likely N-dealkylation sites (tertiary alicyclic amines) is 1. The van der Waals surface area contributed by atoms with E-state index in [4.69, 9.17) is 0 Å². The quantitative estimate of drug-likeness (QED) is 0.690. The van der Waals surface area contributed by atoms with Gasteiger partial charge in [0.15, 0.2) is 0 Å². The van der Waals surface area contributed by atoms with Gasteiger partial charge in [-0.25, -0.2) is 0 Å². The molecule has 1 aliphatic carbocycles. The van der Waals surface area contributed by atoms with Gasteiger partial charge in [0.1, 0.15) is 0 Å². The van der Waals surface area contributed by atoms with Gasteiger partial charge < -0.3 is 15.5 Å². The van der Waals surface area contributed by atoms with Crippen molar-refractivity contribution in [1.82, 2.24) is 15.5 Å². The molecule has 0 bridgehead atoms. The molecule has 4 rings (SSSR count). The van der Waals surface area contributed by atoms with E-state index in [0.29, 0.717) is 25.1 Å². The summed E-state index contributed by atoms with van der Waals surface area (Å²) in [5.41, 5.74) is 2.62. The number of rotatable bonds is 6. The molecule has 6 nitrogen and oxygen atoms in total. The first kappa shape index (κ1) is 24.0. The van der Waals surface area contributed by atoms with Gasteiger partial charge in [-0.05, 0) is 49.8 Å². The number of nitrogens with one attached hydrogen (secondary N) is 2. The maximum absolute atomic E-state index is 13.2. The largest absolute Gasteiger partial charge is 0.351 e. The van der Waals surface area contributed by atoms with Crippen molar-refractivity contribution in [3.63, 3.8) is 0 Å². The number of piperidine rings is 1. The Labute approximate surface area is 202 Å². The second-order valence-corrected chi connectivity index (χ2v) is 9.64. The number of benzene rings is 2. The Kier molecular flexibility index (Phi) is 7.99. The first-order valence-corrected chi connectivity index (χ1v) is 12.5. The van der Waals surface area contributed by atoms with Crippen molar-refractivity contribution < 1.29 is 14.4 Å². The minimum Gasteiger partial charge on any atom is -0.351 e. The lowest BCUT2D eigenvalue weighted by Crippen LogP contribution is -2.55. The van der Waals surface area contributed by atoms with Gasteiger partial charge in [-0.3, -0.25) is 14.4 Å². The summed E-state index contributed by atoms with van der Waals surface area (Å²) < 4.78 is 0. The molecule has 3 atom stereocenters. The molecule has 34 heavy (non-hydrogen) atoms. The number of amides is 3. The van der Waals surface area contributed by atoms with Crippen LogP contribution in [-0.4, -0.2) is 47.8 Å². The monoisotopic (exact) mass is 461 g/mol. The summed E-state index contributed by atoms with van der Waals surface area (Å²) in [5.74, 6) is -0.216. The molecular weight excluding hydrogens is 426 g/mol. The van der Waals surface area contributed by atoms with E-state index in [1.54, 1.807) is 0 Å². The molecule has 2 unspecified atom stereocenters. The van der Waals surface area contributed by atoms with Crippen LogP contribution in [0.5, 0.6) is 0 Å². The summed E-state index contributed by atoms with van der Waals surface area (Å²) in [6.45, 7) is 3.10. The Morgan fingerprint density at radius 3 is 2.26 bits per heavy atom. The molecule has 2 aliphatic rings. The molecule has 180 valence electrons. The van der Waals surface area contributed by atoms with E-state index >= 15 is 0 Å². The van der Waals surface area contributed by atoms with Crippen molar-refractivity contribution >= 4 is 17.7 Å². The molecule has 2 aromatic carbocycles. The average molecular weight is 462 g/mol. The lowest BCUT2D eigenvalue weighted by atomic mass is 9.88. The van der Waals surface area contributed by atoms with Crippen molar-refractivity contribution in [2.24, 2.45) is 5.92 Å². The molecule has 6 heteroatoms. The van der Waals surface area contributed by atoms with Gasteiger partial charge in [0, 0.05) is 30.7 Å². The Bertz CT molecular complexity index is 1010. The van der Waals surface area contributed by atoms with E-state index in [1.165, 1.54) is 0 Å². The van der Waals surface area contributed by atoms with Crippen LogP contribution in [0.1, 0.15) is 60.0 Å². The van der Waals surface area contributed by atoms with Gasteiger partial charge in [0.25, 0.3) is 5.91 Å². The molecule has 1 saturated heterocycles. The third kappa shape index (κ3) is 6.04. The van der Waals surface area contributed by atoms with Crippen LogP contribution < -0.4 is 10.6 Å². The molecule has 0 radical (unpaired) electrons. The Hall–Kier alpha value is -3.15. The minimum absolute atomic E-state index is 0.000693. The molecule has 2 fully saturated rings. The highest BCUT2D eigenvalue weighted by Crippen LogP contribution is 2.22. The Morgan fingerprint density at radius 2 is 1.53 bits per heavy atom. The van der Waals surface area contributed by atoms with Crippen molar-refractivity contribution in [3.05, 3.63) is 71.3 Å². The molecule has 3 amide bonds. The van der Waals surface area contributed by atoms with Crippen LogP contribution in [0.4, 0.5) is 0 Å². The number of carbonyl (C=O) groups is 3. The van der Waals surface area contributed by atoms with Gasteiger partial charge in [0.05, 0.1) is 12.3 Å². The first-order valence-electron chi connectivity index (χ1n) is 12.5. The highest BCUT2D eigenvalue weighted by molar-refractivity contribution is 5.95. The Balaban J connectivity index is 1.34. The fraction of sp³-hybridized carbons (Fsp3) is 0.464. The van der Waals surface area contributed by atoms with Crippen molar-refractivity contribution in [2.75, 3.05) is 13.1 Å². The zero-order valence-electron chi connectivity index (χ0n) is 20.0. The van der Waals surface area contributed by atoms with Gasteiger partial charge in [-0.2, -0.15) is 0 Å². The molecule has 1 heterocycles. The topological polar surface area (TPSA) is 78.5 Å². The van der Waals surface area contributed by atoms with Crippen LogP contribution in [0.3, 0.4) is 0 Å². The molecular formula is C28H35N3O3. The van der Waals surface area contributed by atoms with Crippen LogP contribution in [0, 0.1) is 12.8 Å². The first-order chi connectivity index (χ1) is 16.5. The van der Waals surface area contributed by atoms with Crippen LogP contribution in [0.25, 0.3) is 0 Å². The maximum Gasteiger partial charge on any atom is 0.251 e. The van der Waals surface area contributed by atoms with E-state index < -0.39 is 0 Å². The van der Waals surface area contributed by atoms with E-state index in [2.05, 4.69) is 10.6 Å². The summed E-state index contributed by atoms with van der Waals surface area (Å²) in [5, 5.41) is 6.40. The second-order valence-electron chi connectivity index (χ2n) is 9.64. The number of hydrogen-bond donors (Lipinski definition) is 2. The summed E-state index contributed by atoms with van der Waals surface area (Å²) in [4.78, 5) is 40.7. The van der Waals surface area contributed by atoms with Gasteiger partial charge in [-0.1, -0.05) is 61.4 Å². The number of hydrogen-bond acceptors (Lipinski definition) is 3. The number of nitrogens with zero attached hydrogens (tertiary/aromatic N) is 1. The van der Waals surface area contributed by atoms with Gasteiger partial charge in [0.2, 0.25) is 11.8 Å². The smallest absolute Gasteiger partial charge is 0.251 e. The fourth-order valence-corrected chi connectivity index (χ4v) is 5.15. The maximum atomic E-state index is 13.2. The van der Waals surface area contributed by atoms with Crippen LogP contribution >= 0.6 is 0 Å². The van der Waals surface area contributed by atoms with E-state index in [0.717, 1.165) is 49.7 Å². The molecule has 0 aromatic heterocycles. The molecule has 2 N–H and O–H groups in total. The standard InChI is InChI=1S/C28H35N3O3/c1-20-10-5-6-14-23(20)28(34)30-25-16-8-7-15-24(25)29-27(33)22-13-9-17-31(19-22)26(32)18-21-11-3-2-4-12-21/h2-6,10-12,14,22,24-25H,7-9,13,15-19H2,1H3,(H,29,33)(H,30,34)/t22?,24?,25-/m1/s1. The minimum atomic E-state index is -0.205. The van der Waals surface area contributed by atoms with Crippen molar-refractivity contribution in [3.8, 4) is 0 Å². The van der Waals surface area contributed by atoms with E-state index in [-0.39, 0.29) is 35.7 Å². The zero-order chi connectivity index (χ0) is 23.9. The van der Waals surface area contributed by atoms with Crippen LogP contribution in [0.15, 0.2) is 54.6 Å². The van der Waals surface area contributed by atoms with Crippen LogP contribution in [-0.2, 0) is 16.0 Å². The highest BCUT2D eigenvalue weighted by atomic mass is 16.2. The normalized spacial score (nSPS) is 22.6.